The molecule has 24 heavy (non-hydrogen) atoms. The summed E-state index contributed by atoms with van der Waals surface area (Å²) in [7, 11) is 0. The zero-order valence-electron chi connectivity index (χ0n) is 14.1. The van der Waals surface area contributed by atoms with Gasteiger partial charge in [-0.3, -0.25) is 9.59 Å². The van der Waals surface area contributed by atoms with Gasteiger partial charge in [0.15, 0.2) is 5.78 Å². The minimum atomic E-state index is -0.326. The van der Waals surface area contributed by atoms with Crippen molar-refractivity contribution in [1.82, 2.24) is 9.80 Å². The van der Waals surface area contributed by atoms with E-state index in [-0.39, 0.29) is 24.3 Å². The smallest absolute Gasteiger partial charge is 0.409 e. The molecule has 0 saturated carbocycles. The molecule has 7 heteroatoms. The molecule has 0 radical (unpaired) electrons. The van der Waals surface area contributed by atoms with Gasteiger partial charge in [0.05, 0.1) is 13.2 Å². The third-order valence-electron chi connectivity index (χ3n) is 3.89. The highest BCUT2D eigenvalue weighted by atomic mass is 16.6. The average Bonchev–Trinajstić information content (AvgIpc) is 2.60. The molecule has 0 aromatic heterocycles. The first kappa shape index (κ1) is 17.8. The Kier molecular flexibility index (Phi) is 6.17. The summed E-state index contributed by atoms with van der Waals surface area (Å²) in [5.74, 6) is -0.00810. The number of benzene rings is 1. The van der Waals surface area contributed by atoms with E-state index >= 15 is 0 Å². The van der Waals surface area contributed by atoms with E-state index in [1.165, 1.54) is 6.92 Å². The van der Waals surface area contributed by atoms with Crippen LogP contribution in [0.3, 0.4) is 0 Å². The van der Waals surface area contributed by atoms with Crippen molar-refractivity contribution in [3.05, 3.63) is 29.8 Å². The molecule has 1 N–H and O–H groups in total. The summed E-state index contributed by atoms with van der Waals surface area (Å²) in [6.45, 7) is 5.79. The number of ether oxygens (including phenoxy) is 1. The largest absolute Gasteiger partial charge is 0.450 e. The summed E-state index contributed by atoms with van der Waals surface area (Å²) in [6, 6.07) is 7.02. The molecule has 0 aliphatic carbocycles. The molecule has 2 rings (SSSR count). The van der Waals surface area contributed by atoms with E-state index in [4.69, 9.17) is 4.74 Å². The molecule has 1 fully saturated rings. The standard InChI is InChI=1S/C17H23N3O4/c1-3-24-17(23)20-10-8-19(9-11-20)16(22)12-18-15-6-4-14(5-7-15)13(2)21/h4-7,18H,3,8-12H2,1-2H3. The van der Waals surface area contributed by atoms with Crippen LogP contribution < -0.4 is 5.32 Å². The van der Waals surface area contributed by atoms with Crippen molar-refractivity contribution < 1.29 is 19.1 Å². The second-order valence-corrected chi connectivity index (χ2v) is 5.55. The number of ketones is 1. The molecule has 0 atom stereocenters. The highest BCUT2D eigenvalue weighted by Gasteiger charge is 2.24. The first-order valence-corrected chi connectivity index (χ1v) is 8.05. The van der Waals surface area contributed by atoms with Gasteiger partial charge in [0, 0.05) is 37.4 Å². The van der Waals surface area contributed by atoms with Crippen molar-refractivity contribution in [3.63, 3.8) is 0 Å². The van der Waals surface area contributed by atoms with Crippen LogP contribution in [0.4, 0.5) is 10.5 Å². The first-order chi connectivity index (χ1) is 11.5. The molecule has 2 amide bonds. The zero-order chi connectivity index (χ0) is 17.5. The van der Waals surface area contributed by atoms with Gasteiger partial charge in [0.2, 0.25) is 5.91 Å². The van der Waals surface area contributed by atoms with Gasteiger partial charge in [0.25, 0.3) is 0 Å². The van der Waals surface area contributed by atoms with E-state index in [1.54, 1.807) is 41.0 Å². The summed E-state index contributed by atoms with van der Waals surface area (Å²) in [6.07, 6.45) is -0.326. The lowest BCUT2D eigenvalue weighted by molar-refractivity contribution is -0.130. The van der Waals surface area contributed by atoms with Gasteiger partial charge < -0.3 is 19.9 Å². The Morgan fingerprint density at radius 2 is 1.62 bits per heavy atom. The molecule has 0 unspecified atom stereocenters. The SMILES string of the molecule is CCOC(=O)N1CCN(C(=O)CNc2ccc(C(C)=O)cc2)CC1. The summed E-state index contributed by atoms with van der Waals surface area (Å²) in [4.78, 5) is 38.4. The summed E-state index contributed by atoms with van der Waals surface area (Å²) in [5.41, 5.74) is 1.43. The van der Waals surface area contributed by atoms with Crippen molar-refractivity contribution in [2.75, 3.05) is 44.6 Å². The fourth-order valence-corrected chi connectivity index (χ4v) is 2.47. The number of carbonyl (C=O) groups is 3. The second-order valence-electron chi connectivity index (χ2n) is 5.55. The number of anilines is 1. The minimum Gasteiger partial charge on any atom is -0.450 e. The van der Waals surface area contributed by atoms with E-state index in [9.17, 15) is 14.4 Å². The van der Waals surface area contributed by atoms with E-state index in [2.05, 4.69) is 5.32 Å². The number of rotatable bonds is 5. The van der Waals surface area contributed by atoms with Gasteiger partial charge in [-0.05, 0) is 38.1 Å². The maximum absolute atomic E-state index is 12.2. The monoisotopic (exact) mass is 333 g/mol. The van der Waals surface area contributed by atoms with E-state index in [1.807, 2.05) is 0 Å². The minimum absolute atomic E-state index is 0.0112. The fourth-order valence-electron chi connectivity index (χ4n) is 2.47. The van der Waals surface area contributed by atoms with Gasteiger partial charge >= 0.3 is 6.09 Å². The van der Waals surface area contributed by atoms with Crippen molar-refractivity contribution in [3.8, 4) is 0 Å². The number of hydrogen-bond donors (Lipinski definition) is 1. The van der Waals surface area contributed by atoms with Crippen molar-refractivity contribution in [2.45, 2.75) is 13.8 Å². The number of carbonyl (C=O) groups excluding carboxylic acids is 3. The third-order valence-corrected chi connectivity index (χ3v) is 3.89. The summed E-state index contributed by atoms with van der Waals surface area (Å²) >= 11 is 0. The van der Waals surface area contributed by atoms with Crippen LogP contribution in [-0.4, -0.2) is 66.9 Å². The maximum Gasteiger partial charge on any atom is 0.409 e. The molecular weight excluding hydrogens is 310 g/mol. The molecule has 1 aromatic carbocycles. The Labute approximate surface area is 141 Å². The summed E-state index contributed by atoms with van der Waals surface area (Å²) in [5, 5.41) is 3.05. The van der Waals surface area contributed by atoms with Crippen LogP contribution in [0.1, 0.15) is 24.2 Å². The first-order valence-electron chi connectivity index (χ1n) is 8.05. The normalized spacial score (nSPS) is 14.2. The third kappa shape index (κ3) is 4.71. The van der Waals surface area contributed by atoms with Gasteiger partial charge in [0.1, 0.15) is 0 Å². The summed E-state index contributed by atoms with van der Waals surface area (Å²) < 4.78 is 4.96. The second kappa shape index (κ2) is 8.33. The molecule has 1 saturated heterocycles. The number of piperazine rings is 1. The quantitative estimate of drug-likeness (QED) is 0.828. The number of nitrogens with zero attached hydrogens (tertiary/aromatic N) is 2. The number of nitrogens with one attached hydrogen (secondary N) is 1. The molecule has 130 valence electrons. The maximum atomic E-state index is 12.2. The zero-order valence-corrected chi connectivity index (χ0v) is 14.1. The molecule has 0 spiro atoms. The van der Waals surface area contributed by atoms with Gasteiger partial charge in [-0.15, -0.1) is 0 Å². The lowest BCUT2D eigenvalue weighted by Crippen LogP contribution is -2.51. The number of hydrogen-bond acceptors (Lipinski definition) is 5. The van der Waals surface area contributed by atoms with E-state index in [0.29, 0.717) is 38.3 Å². The van der Waals surface area contributed by atoms with Gasteiger partial charge in [-0.25, -0.2) is 4.79 Å². The molecule has 1 aromatic rings. The average molecular weight is 333 g/mol. The van der Waals surface area contributed by atoms with E-state index in [0.717, 1.165) is 5.69 Å². The Hall–Kier alpha value is -2.57. The van der Waals surface area contributed by atoms with Crippen LogP contribution in [0.15, 0.2) is 24.3 Å². The van der Waals surface area contributed by atoms with E-state index < -0.39 is 0 Å². The van der Waals surface area contributed by atoms with Gasteiger partial charge in [-0.1, -0.05) is 0 Å². The number of Topliss-reactive ketones (excluding diaryl/α,β-unsaturated/α-hetero) is 1. The topological polar surface area (TPSA) is 79.0 Å². The Balaban J connectivity index is 1.77. The Morgan fingerprint density at radius 3 is 2.17 bits per heavy atom. The molecule has 1 heterocycles. The van der Waals surface area contributed by atoms with Crippen LogP contribution in [0.25, 0.3) is 0 Å². The lowest BCUT2D eigenvalue weighted by Gasteiger charge is -2.34. The van der Waals surface area contributed by atoms with Crippen LogP contribution in [0.2, 0.25) is 0 Å². The highest BCUT2D eigenvalue weighted by Crippen LogP contribution is 2.10. The fraction of sp³-hybridized carbons (Fsp3) is 0.471. The number of amides is 2. The highest BCUT2D eigenvalue weighted by molar-refractivity contribution is 5.94. The van der Waals surface area contributed by atoms with Crippen molar-refractivity contribution >= 4 is 23.5 Å². The van der Waals surface area contributed by atoms with Gasteiger partial charge in [-0.2, -0.15) is 0 Å². The lowest BCUT2D eigenvalue weighted by atomic mass is 10.1. The molecule has 1 aliphatic heterocycles. The van der Waals surface area contributed by atoms with Crippen LogP contribution >= 0.6 is 0 Å². The predicted octanol–water partition coefficient (Wildman–Crippen LogP) is 1.60. The van der Waals surface area contributed by atoms with Crippen LogP contribution in [0.5, 0.6) is 0 Å². The predicted molar refractivity (Wildman–Crippen MR) is 90.1 cm³/mol. The van der Waals surface area contributed by atoms with Crippen LogP contribution in [-0.2, 0) is 9.53 Å². The molecule has 0 bridgehead atoms. The molecule has 7 nitrogen and oxygen atoms in total. The Morgan fingerprint density at radius 1 is 1.04 bits per heavy atom. The molecule has 1 aliphatic rings. The molecular formula is C17H23N3O4. The Bertz CT molecular complexity index is 592. The van der Waals surface area contributed by atoms with Crippen molar-refractivity contribution in [2.24, 2.45) is 0 Å². The van der Waals surface area contributed by atoms with Crippen molar-refractivity contribution in [1.29, 1.82) is 0 Å². The van der Waals surface area contributed by atoms with Crippen LogP contribution in [0, 0.1) is 0 Å².